The fourth-order valence-corrected chi connectivity index (χ4v) is 5.34. The van der Waals surface area contributed by atoms with Crippen LogP contribution in [0.1, 0.15) is 31.9 Å². The molecular weight excluding hydrogens is 376 g/mol. The van der Waals surface area contributed by atoms with Crippen LogP contribution >= 0.6 is 0 Å². The van der Waals surface area contributed by atoms with Crippen molar-refractivity contribution in [3.63, 3.8) is 0 Å². The van der Waals surface area contributed by atoms with Gasteiger partial charge >= 0.3 is 0 Å². The highest BCUT2D eigenvalue weighted by molar-refractivity contribution is 5.85. The van der Waals surface area contributed by atoms with E-state index in [4.69, 9.17) is 9.72 Å². The molecule has 0 unspecified atom stereocenters. The molecule has 30 heavy (non-hydrogen) atoms. The van der Waals surface area contributed by atoms with E-state index in [0.29, 0.717) is 11.5 Å². The molecule has 0 radical (unpaired) electrons. The summed E-state index contributed by atoms with van der Waals surface area (Å²) in [6.45, 7) is 7.23. The zero-order chi connectivity index (χ0) is 20.3. The number of rotatable bonds is 2. The van der Waals surface area contributed by atoms with Crippen LogP contribution in [0.3, 0.4) is 0 Å². The Balaban J connectivity index is 1.38. The first-order valence-electron chi connectivity index (χ1n) is 10.7. The molecule has 2 aliphatic rings. The molecule has 0 amide bonds. The minimum atomic E-state index is 0.362. The van der Waals surface area contributed by atoms with Crippen molar-refractivity contribution >= 4 is 22.2 Å². The summed E-state index contributed by atoms with van der Waals surface area (Å²) in [4.78, 5) is 12.0. The predicted molar refractivity (Wildman–Crippen MR) is 117 cm³/mol. The van der Waals surface area contributed by atoms with E-state index in [9.17, 15) is 0 Å². The van der Waals surface area contributed by atoms with Crippen LogP contribution in [0.25, 0.3) is 27.7 Å². The Labute approximate surface area is 175 Å². The summed E-state index contributed by atoms with van der Waals surface area (Å²) >= 11 is 0. The standard InChI is InChI=1S/C23H26N6O/c1-15-10-23(13-30-15)5-7-28(8-6-23)22-20-12-24-14-29(20)21(16(2)26-22)17-3-4-18-11-25-27-19(18)9-17/h3-4,9,11-12,14-15H,5-8,10,13H2,1-2H3,(H,25,27)/t15-/m0/s1. The van der Waals surface area contributed by atoms with Crippen LogP contribution in [-0.2, 0) is 4.74 Å². The zero-order valence-electron chi connectivity index (χ0n) is 17.4. The molecule has 0 bridgehead atoms. The first-order chi connectivity index (χ1) is 14.6. The zero-order valence-corrected chi connectivity index (χ0v) is 17.4. The number of fused-ring (bicyclic) bond motifs is 2. The molecule has 3 aromatic heterocycles. The minimum Gasteiger partial charge on any atom is -0.378 e. The Morgan fingerprint density at radius 3 is 2.87 bits per heavy atom. The summed E-state index contributed by atoms with van der Waals surface area (Å²) < 4.78 is 8.08. The molecule has 1 atom stereocenters. The second kappa shape index (κ2) is 6.54. The Hall–Kier alpha value is -2.93. The normalized spacial score (nSPS) is 21.3. The van der Waals surface area contributed by atoms with Crippen molar-refractivity contribution in [3.8, 4) is 11.3 Å². The molecule has 4 aromatic rings. The van der Waals surface area contributed by atoms with Gasteiger partial charge in [0, 0.05) is 24.0 Å². The van der Waals surface area contributed by atoms with Crippen molar-refractivity contribution in [1.29, 1.82) is 0 Å². The van der Waals surface area contributed by atoms with Crippen molar-refractivity contribution in [2.24, 2.45) is 5.41 Å². The van der Waals surface area contributed by atoms with Crippen LogP contribution in [0.2, 0.25) is 0 Å². The van der Waals surface area contributed by atoms with E-state index in [0.717, 1.165) is 71.7 Å². The number of piperidine rings is 1. The lowest BCUT2D eigenvalue weighted by Crippen LogP contribution is -2.41. The number of hydrogen-bond donors (Lipinski definition) is 1. The number of aryl methyl sites for hydroxylation is 1. The molecule has 2 fully saturated rings. The maximum absolute atomic E-state index is 5.90. The van der Waals surface area contributed by atoms with Gasteiger partial charge in [0.1, 0.15) is 5.52 Å². The number of nitrogens with zero attached hydrogens (tertiary/aromatic N) is 5. The van der Waals surface area contributed by atoms with E-state index < -0.39 is 0 Å². The largest absolute Gasteiger partial charge is 0.378 e. The molecule has 0 saturated carbocycles. The maximum Gasteiger partial charge on any atom is 0.154 e. The van der Waals surface area contributed by atoms with Crippen LogP contribution in [0, 0.1) is 12.3 Å². The highest BCUT2D eigenvalue weighted by Gasteiger charge is 2.41. The van der Waals surface area contributed by atoms with Crippen molar-refractivity contribution in [1.82, 2.24) is 24.6 Å². The molecule has 7 nitrogen and oxygen atoms in total. The van der Waals surface area contributed by atoms with E-state index in [1.807, 2.05) is 18.7 Å². The second-order valence-corrected chi connectivity index (χ2v) is 9.00. The summed E-state index contributed by atoms with van der Waals surface area (Å²) in [5.74, 6) is 1.04. The lowest BCUT2D eigenvalue weighted by molar-refractivity contribution is 0.0976. The second-order valence-electron chi connectivity index (χ2n) is 9.00. The van der Waals surface area contributed by atoms with Crippen LogP contribution in [0.5, 0.6) is 0 Å². The fraction of sp³-hybridized carbons (Fsp3) is 0.435. The number of aromatic amines is 1. The summed E-state index contributed by atoms with van der Waals surface area (Å²) in [5.41, 5.74) is 5.65. The smallest absolute Gasteiger partial charge is 0.154 e. The third-order valence-electron chi connectivity index (χ3n) is 6.96. The number of benzene rings is 1. The first kappa shape index (κ1) is 17.9. The summed E-state index contributed by atoms with van der Waals surface area (Å²) in [6, 6.07) is 6.36. The van der Waals surface area contributed by atoms with Gasteiger partial charge in [-0.25, -0.2) is 9.97 Å². The Morgan fingerprint density at radius 1 is 1.20 bits per heavy atom. The fourth-order valence-electron chi connectivity index (χ4n) is 5.34. The number of imidazole rings is 1. The Morgan fingerprint density at radius 2 is 2.07 bits per heavy atom. The number of nitrogens with one attached hydrogen (secondary N) is 1. The average Bonchev–Trinajstić information content (AvgIpc) is 3.48. The summed E-state index contributed by atoms with van der Waals surface area (Å²) in [6.07, 6.45) is 9.59. The summed E-state index contributed by atoms with van der Waals surface area (Å²) in [7, 11) is 0. The van der Waals surface area contributed by atoms with E-state index in [1.54, 1.807) is 0 Å². The van der Waals surface area contributed by atoms with Crippen LogP contribution in [0.4, 0.5) is 5.82 Å². The van der Waals surface area contributed by atoms with E-state index >= 15 is 0 Å². The molecule has 1 spiro atoms. The van der Waals surface area contributed by atoms with Gasteiger partial charge in [0.15, 0.2) is 5.82 Å². The van der Waals surface area contributed by atoms with Gasteiger partial charge in [-0.15, -0.1) is 0 Å². The molecule has 1 N–H and O–H groups in total. The number of aromatic nitrogens is 5. The molecule has 154 valence electrons. The average molecular weight is 403 g/mol. The van der Waals surface area contributed by atoms with Crippen LogP contribution < -0.4 is 4.90 Å². The molecule has 7 heteroatoms. The molecule has 1 aromatic carbocycles. The highest BCUT2D eigenvalue weighted by atomic mass is 16.5. The van der Waals surface area contributed by atoms with Gasteiger partial charge < -0.3 is 9.64 Å². The molecular formula is C23H26N6O. The van der Waals surface area contributed by atoms with Crippen molar-refractivity contribution in [2.75, 3.05) is 24.6 Å². The lowest BCUT2D eigenvalue weighted by Gasteiger charge is -2.39. The number of hydrogen-bond acceptors (Lipinski definition) is 5. The molecule has 2 aliphatic heterocycles. The predicted octanol–water partition coefficient (Wildman–Crippen LogP) is 3.98. The van der Waals surface area contributed by atoms with Gasteiger partial charge in [0.05, 0.1) is 48.3 Å². The highest BCUT2D eigenvalue weighted by Crippen LogP contribution is 2.43. The van der Waals surface area contributed by atoms with Gasteiger partial charge in [-0.2, -0.15) is 5.10 Å². The van der Waals surface area contributed by atoms with Gasteiger partial charge in [-0.3, -0.25) is 9.50 Å². The number of anilines is 1. The monoisotopic (exact) mass is 402 g/mol. The molecule has 5 heterocycles. The minimum absolute atomic E-state index is 0.362. The summed E-state index contributed by atoms with van der Waals surface area (Å²) in [5, 5.41) is 8.32. The molecule has 0 aliphatic carbocycles. The van der Waals surface area contributed by atoms with Crippen molar-refractivity contribution < 1.29 is 4.74 Å². The van der Waals surface area contributed by atoms with Crippen LogP contribution in [-0.4, -0.2) is 50.4 Å². The van der Waals surface area contributed by atoms with Gasteiger partial charge in [-0.1, -0.05) is 12.1 Å². The van der Waals surface area contributed by atoms with E-state index in [2.05, 4.69) is 56.5 Å². The number of ether oxygens (including phenoxy) is 1. The van der Waals surface area contributed by atoms with Crippen LogP contribution in [0.15, 0.2) is 36.9 Å². The maximum atomic E-state index is 5.90. The third kappa shape index (κ3) is 2.72. The lowest BCUT2D eigenvalue weighted by atomic mass is 9.77. The quantitative estimate of drug-likeness (QED) is 0.549. The van der Waals surface area contributed by atoms with Gasteiger partial charge in [0.2, 0.25) is 0 Å². The SMILES string of the molecule is Cc1nc(N2CCC3(CC2)CO[C@@H](C)C3)c2cncn2c1-c1ccc2cn[nH]c2c1. The third-order valence-corrected chi connectivity index (χ3v) is 6.96. The van der Waals surface area contributed by atoms with E-state index in [1.165, 1.54) is 6.42 Å². The first-order valence-corrected chi connectivity index (χ1v) is 10.7. The molecule has 6 rings (SSSR count). The topological polar surface area (TPSA) is 71.3 Å². The van der Waals surface area contributed by atoms with Gasteiger partial charge in [0.25, 0.3) is 0 Å². The Bertz CT molecular complexity index is 1230. The molecule has 2 saturated heterocycles. The number of H-pyrrole nitrogens is 1. The Kier molecular flexibility index (Phi) is 3.90. The van der Waals surface area contributed by atoms with Crippen molar-refractivity contribution in [3.05, 3.63) is 42.6 Å². The van der Waals surface area contributed by atoms with Crippen molar-refractivity contribution in [2.45, 2.75) is 39.2 Å². The van der Waals surface area contributed by atoms with Gasteiger partial charge in [-0.05, 0) is 44.6 Å². The van der Waals surface area contributed by atoms with E-state index in [-0.39, 0.29) is 0 Å².